The standard InChI is InChI=1S/C23H25N3O6/c27-22(17-31-19-8-6-18(7-9-19)26(28)29)25(15-20-5-4-14-30-20)16-21-10-11-23(32-21)24-12-2-1-3-13-24/h4-11,14H,1-3,12-13,15-17H2. The van der Waals surface area contributed by atoms with Crippen LogP contribution in [-0.4, -0.2) is 35.4 Å². The van der Waals surface area contributed by atoms with Crippen LogP contribution in [0.2, 0.25) is 0 Å². The number of nitro groups is 1. The summed E-state index contributed by atoms with van der Waals surface area (Å²) in [7, 11) is 0. The van der Waals surface area contributed by atoms with Gasteiger partial charge < -0.3 is 23.4 Å². The number of nitrogens with zero attached hydrogens (tertiary/aromatic N) is 3. The van der Waals surface area contributed by atoms with Gasteiger partial charge in [-0.05, 0) is 49.6 Å². The van der Waals surface area contributed by atoms with Crippen LogP contribution < -0.4 is 9.64 Å². The molecule has 0 unspecified atom stereocenters. The largest absolute Gasteiger partial charge is 0.484 e. The summed E-state index contributed by atoms with van der Waals surface area (Å²) < 4.78 is 17.0. The van der Waals surface area contributed by atoms with Crippen molar-refractivity contribution in [2.45, 2.75) is 32.4 Å². The van der Waals surface area contributed by atoms with Crippen molar-refractivity contribution < 1.29 is 23.3 Å². The van der Waals surface area contributed by atoms with Crippen LogP contribution >= 0.6 is 0 Å². The highest BCUT2D eigenvalue weighted by molar-refractivity contribution is 5.77. The zero-order valence-electron chi connectivity index (χ0n) is 17.6. The first kappa shape index (κ1) is 21.5. The lowest BCUT2D eigenvalue weighted by molar-refractivity contribution is -0.384. The number of rotatable bonds is 9. The molecule has 9 nitrogen and oxygen atoms in total. The Balaban J connectivity index is 1.41. The summed E-state index contributed by atoms with van der Waals surface area (Å²) >= 11 is 0. The summed E-state index contributed by atoms with van der Waals surface area (Å²) in [5, 5.41) is 10.8. The van der Waals surface area contributed by atoms with Gasteiger partial charge in [0.05, 0.1) is 24.3 Å². The number of anilines is 1. The first-order valence-electron chi connectivity index (χ1n) is 10.6. The summed E-state index contributed by atoms with van der Waals surface area (Å²) in [4.78, 5) is 27.0. The Bertz CT molecular complexity index is 1020. The molecule has 1 aromatic carbocycles. The van der Waals surface area contributed by atoms with Crippen LogP contribution in [0, 0.1) is 10.1 Å². The van der Waals surface area contributed by atoms with Gasteiger partial charge in [-0.3, -0.25) is 14.9 Å². The molecule has 2 aromatic heterocycles. The van der Waals surface area contributed by atoms with Crippen molar-refractivity contribution in [3.8, 4) is 5.75 Å². The molecule has 3 aromatic rings. The van der Waals surface area contributed by atoms with Crippen LogP contribution in [0.4, 0.5) is 11.6 Å². The van der Waals surface area contributed by atoms with E-state index < -0.39 is 4.92 Å². The third kappa shape index (κ3) is 5.48. The van der Waals surface area contributed by atoms with E-state index in [-0.39, 0.29) is 31.3 Å². The Hall–Kier alpha value is -3.75. The smallest absolute Gasteiger partial charge is 0.269 e. The minimum atomic E-state index is -0.485. The number of furan rings is 2. The molecule has 32 heavy (non-hydrogen) atoms. The number of ether oxygens (including phenoxy) is 1. The fourth-order valence-electron chi connectivity index (χ4n) is 3.65. The number of nitro benzene ring substituents is 1. The molecule has 1 amide bonds. The van der Waals surface area contributed by atoms with Crippen LogP contribution in [0.25, 0.3) is 0 Å². The molecule has 0 saturated carbocycles. The summed E-state index contributed by atoms with van der Waals surface area (Å²) in [6.45, 7) is 2.29. The zero-order valence-corrected chi connectivity index (χ0v) is 17.6. The van der Waals surface area contributed by atoms with E-state index in [9.17, 15) is 14.9 Å². The van der Waals surface area contributed by atoms with Crippen LogP contribution in [0.15, 0.2) is 63.6 Å². The van der Waals surface area contributed by atoms with E-state index in [0.29, 0.717) is 17.3 Å². The molecule has 168 valence electrons. The van der Waals surface area contributed by atoms with Crippen molar-refractivity contribution in [1.82, 2.24) is 4.90 Å². The van der Waals surface area contributed by atoms with Gasteiger partial charge >= 0.3 is 0 Å². The second-order valence-electron chi connectivity index (χ2n) is 7.66. The van der Waals surface area contributed by atoms with Crippen LogP contribution in [0.1, 0.15) is 30.8 Å². The van der Waals surface area contributed by atoms with Gasteiger partial charge in [0.25, 0.3) is 11.6 Å². The van der Waals surface area contributed by atoms with E-state index >= 15 is 0 Å². The first-order valence-corrected chi connectivity index (χ1v) is 10.6. The number of amides is 1. The van der Waals surface area contributed by atoms with Gasteiger partial charge in [0.2, 0.25) is 0 Å². The van der Waals surface area contributed by atoms with Crippen molar-refractivity contribution in [2.75, 3.05) is 24.6 Å². The molecule has 9 heteroatoms. The Morgan fingerprint density at radius 3 is 2.47 bits per heavy atom. The number of benzene rings is 1. The molecule has 1 aliphatic rings. The number of piperidine rings is 1. The van der Waals surface area contributed by atoms with Gasteiger partial charge in [-0.15, -0.1) is 0 Å². The van der Waals surface area contributed by atoms with Gasteiger partial charge in [-0.1, -0.05) is 0 Å². The lowest BCUT2D eigenvalue weighted by atomic mass is 10.1. The van der Waals surface area contributed by atoms with Gasteiger partial charge in [0.1, 0.15) is 17.3 Å². The highest BCUT2D eigenvalue weighted by Crippen LogP contribution is 2.24. The van der Waals surface area contributed by atoms with Gasteiger partial charge in [-0.25, -0.2) is 0 Å². The van der Waals surface area contributed by atoms with Crippen molar-refractivity contribution in [2.24, 2.45) is 0 Å². The molecule has 0 radical (unpaired) electrons. The van der Waals surface area contributed by atoms with Crippen molar-refractivity contribution in [3.05, 3.63) is 76.4 Å². The first-order chi connectivity index (χ1) is 15.6. The van der Waals surface area contributed by atoms with Crippen LogP contribution in [-0.2, 0) is 17.9 Å². The average molecular weight is 439 g/mol. The molecule has 0 N–H and O–H groups in total. The minimum absolute atomic E-state index is 0.0366. The molecule has 0 spiro atoms. The third-order valence-electron chi connectivity index (χ3n) is 5.35. The van der Waals surface area contributed by atoms with E-state index in [1.165, 1.54) is 30.7 Å². The second-order valence-corrected chi connectivity index (χ2v) is 7.66. The van der Waals surface area contributed by atoms with Crippen molar-refractivity contribution in [3.63, 3.8) is 0 Å². The quantitative estimate of drug-likeness (QED) is 0.360. The summed E-state index contributed by atoms with van der Waals surface area (Å²) in [6.07, 6.45) is 5.11. The van der Waals surface area contributed by atoms with Gasteiger partial charge in [0.15, 0.2) is 12.5 Å². The topological polar surface area (TPSA) is 102 Å². The predicted molar refractivity (Wildman–Crippen MR) is 116 cm³/mol. The molecule has 1 aliphatic heterocycles. The monoisotopic (exact) mass is 439 g/mol. The molecule has 1 fully saturated rings. The summed E-state index contributed by atoms with van der Waals surface area (Å²) in [6, 6.07) is 13.0. The number of hydrogen-bond donors (Lipinski definition) is 0. The molecular formula is C23H25N3O6. The Morgan fingerprint density at radius 1 is 1.03 bits per heavy atom. The van der Waals surface area contributed by atoms with E-state index in [1.54, 1.807) is 23.3 Å². The normalized spacial score (nSPS) is 13.7. The predicted octanol–water partition coefficient (Wildman–Crippen LogP) is 4.38. The second kappa shape index (κ2) is 10.0. The van der Waals surface area contributed by atoms with Gasteiger partial charge in [0, 0.05) is 31.3 Å². The maximum atomic E-state index is 12.9. The number of non-ortho nitro benzene ring substituents is 1. The molecule has 1 saturated heterocycles. The molecule has 4 rings (SSSR count). The van der Waals surface area contributed by atoms with E-state index in [0.717, 1.165) is 31.8 Å². The summed E-state index contributed by atoms with van der Waals surface area (Å²) in [5.74, 6) is 2.28. The van der Waals surface area contributed by atoms with Gasteiger partial charge in [-0.2, -0.15) is 0 Å². The molecule has 0 aliphatic carbocycles. The van der Waals surface area contributed by atoms with E-state index in [2.05, 4.69) is 4.90 Å². The zero-order chi connectivity index (χ0) is 22.3. The number of hydrogen-bond acceptors (Lipinski definition) is 7. The van der Waals surface area contributed by atoms with E-state index in [1.807, 2.05) is 12.1 Å². The summed E-state index contributed by atoms with van der Waals surface area (Å²) in [5.41, 5.74) is -0.0366. The Labute approximate surface area is 185 Å². The molecule has 3 heterocycles. The maximum Gasteiger partial charge on any atom is 0.269 e. The van der Waals surface area contributed by atoms with Crippen LogP contribution in [0.5, 0.6) is 5.75 Å². The average Bonchev–Trinajstić information content (AvgIpc) is 3.50. The lowest BCUT2D eigenvalue weighted by Crippen LogP contribution is -2.34. The fraction of sp³-hybridized carbons (Fsp3) is 0.348. The highest BCUT2D eigenvalue weighted by atomic mass is 16.6. The fourth-order valence-corrected chi connectivity index (χ4v) is 3.65. The molecule has 0 bridgehead atoms. The Kier molecular flexibility index (Phi) is 6.74. The maximum absolute atomic E-state index is 12.9. The number of carbonyl (C=O) groups is 1. The molecular weight excluding hydrogens is 414 g/mol. The third-order valence-corrected chi connectivity index (χ3v) is 5.35. The van der Waals surface area contributed by atoms with E-state index in [4.69, 9.17) is 13.6 Å². The number of carbonyl (C=O) groups excluding carboxylic acids is 1. The highest BCUT2D eigenvalue weighted by Gasteiger charge is 2.20. The lowest BCUT2D eigenvalue weighted by Gasteiger charge is -2.26. The molecule has 0 atom stereocenters. The minimum Gasteiger partial charge on any atom is -0.484 e. The SMILES string of the molecule is O=C(COc1ccc([N+](=O)[O-])cc1)N(Cc1ccco1)Cc1ccc(N2CCCCC2)o1. The van der Waals surface area contributed by atoms with Crippen molar-refractivity contribution >= 4 is 17.5 Å². The Morgan fingerprint density at radius 2 is 1.78 bits per heavy atom. The van der Waals surface area contributed by atoms with Crippen LogP contribution in [0.3, 0.4) is 0 Å². The van der Waals surface area contributed by atoms with Crippen molar-refractivity contribution in [1.29, 1.82) is 0 Å².